The van der Waals surface area contributed by atoms with E-state index in [0.717, 1.165) is 25.3 Å². The van der Waals surface area contributed by atoms with Crippen molar-refractivity contribution < 1.29 is 29.0 Å². The maximum atomic E-state index is 14.0. The number of halogens is 3. The highest BCUT2D eigenvalue weighted by molar-refractivity contribution is 5.98. The average molecular weight is 481 g/mol. The van der Waals surface area contributed by atoms with Gasteiger partial charge in [-0.1, -0.05) is 55.6 Å². The molecule has 0 aromatic heterocycles. The highest BCUT2D eigenvalue weighted by atomic mass is 19.4. The van der Waals surface area contributed by atoms with Gasteiger partial charge in [-0.15, -0.1) is 0 Å². The Morgan fingerprint density at radius 3 is 2.62 bits per heavy atom. The molecule has 2 fully saturated rings. The van der Waals surface area contributed by atoms with E-state index in [-0.39, 0.29) is 23.3 Å². The second-order valence-electron chi connectivity index (χ2n) is 8.57. The average Bonchev–Trinajstić information content (AvgIpc) is 2.91. The Bertz CT molecular complexity index is 1330. The van der Waals surface area contributed by atoms with E-state index in [0.29, 0.717) is 41.0 Å². The minimum absolute atomic E-state index is 0.0113. The third kappa shape index (κ3) is 6.01. The number of alkyl halides is 3. The molecule has 0 bridgehead atoms. The number of nitrogens with zero attached hydrogens (tertiary/aromatic N) is 2. The van der Waals surface area contributed by atoms with Crippen molar-refractivity contribution in [2.45, 2.75) is 83.9 Å². The van der Waals surface area contributed by atoms with E-state index in [1.807, 2.05) is 0 Å². The SMILES string of the molecule is [2H]C1C([2H])([2H])N(C([2H])([2H])c2ccc(/C(C)=N/OCc3ccc(C4([2H])CCCCC4)c(C(F)(F)F)c3)cc2CC)C1([2H])[2H]. The van der Waals surface area contributed by atoms with Crippen LogP contribution < -0.4 is 0 Å². The molecule has 0 radical (unpaired) electrons. The molecular formula is C28H35F3N2O. The van der Waals surface area contributed by atoms with Crippen LogP contribution in [0.3, 0.4) is 0 Å². The van der Waals surface area contributed by atoms with Gasteiger partial charge < -0.3 is 4.84 Å². The quantitative estimate of drug-likeness (QED) is 0.289. The maximum absolute atomic E-state index is 14.0. The van der Waals surface area contributed by atoms with Crippen LogP contribution in [0.25, 0.3) is 0 Å². The molecule has 0 spiro atoms. The fraction of sp³-hybridized carbons (Fsp3) is 0.536. The molecule has 0 N–H and O–H groups in total. The summed E-state index contributed by atoms with van der Waals surface area (Å²) in [6.45, 7) is -4.41. The molecule has 184 valence electrons. The zero-order valence-corrected chi connectivity index (χ0v) is 19.4. The van der Waals surface area contributed by atoms with Crippen molar-refractivity contribution in [1.29, 1.82) is 0 Å². The fourth-order valence-electron chi connectivity index (χ4n) is 4.26. The smallest absolute Gasteiger partial charge is 0.391 e. The predicted molar refractivity (Wildman–Crippen MR) is 130 cm³/mol. The number of benzene rings is 2. The highest BCUT2D eigenvalue weighted by Crippen LogP contribution is 2.41. The lowest BCUT2D eigenvalue weighted by Gasteiger charge is -2.31. The van der Waals surface area contributed by atoms with Crippen molar-refractivity contribution in [3.8, 4) is 0 Å². The number of rotatable bonds is 8. The van der Waals surface area contributed by atoms with Crippen LogP contribution in [0.15, 0.2) is 41.6 Å². The van der Waals surface area contributed by atoms with Crippen LogP contribution in [0.5, 0.6) is 0 Å². The first kappa shape index (κ1) is 16.4. The van der Waals surface area contributed by atoms with Gasteiger partial charge in [-0.2, -0.15) is 13.2 Å². The van der Waals surface area contributed by atoms with Crippen LogP contribution >= 0.6 is 0 Å². The van der Waals surface area contributed by atoms with Crippen molar-refractivity contribution >= 4 is 5.71 Å². The maximum Gasteiger partial charge on any atom is 0.416 e. The van der Waals surface area contributed by atoms with Gasteiger partial charge in [0.1, 0.15) is 6.61 Å². The van der Waals surface area contributed by atoms with Crippen molar-refractivity contribution in [3.63, 3.8) is 0 Å². The molecular weight excluding hydrogens is 437 g/mol. The lowest BCUT2D eigenvalue weighted by molar-refractivity contribution is -0.138. The van der Waals surface area contributed by atoms with Gasteiger partial charge in [0.15, 0.2) is 0 Å². The standard InChI is InChI=1S/C28H35F3N2O/c1-3-22-17-24(11-12-25(22)18-33-14-7-15-33)20(2)32-34-19-21-10-13-26(23-8-5-4-6-9-23)27(16-21)28(29,30)31/h10-13,16-17,23H,3-9,14-15,18-19H2,1-2H3/b32-20+/i7D,14D2,15D2,18D2,23D. The molecule has 0 amide bonds. The van der Waals surface area contributed by atoms with Crippen LogP contribution in [-0.2, 0) is 30.5 Å². The van der Waals surface area contributed by atoms with E-state index in [4.69, 9.17) is 15.8 Å². The van der Waals surface area contributed by atoms with Crippen molar-refractivity contribution in [1.82, 2.24) is 4.90 Å². The molecule has 3 nitrogen and oxygen atoms in total. The van der Waals surface area contributed by atoms with Crippen LogP contribution in [0, 0.1) is 0 Å². The third-order valence-electron chi connectivity index (χ3n) is 6.18. The minimum atomic E-state index is -4.62. The topological polar surface area (TPSA) is 24.8 Å². The van der Waals surface area contributed by atoms with Gasteiger partial charge >= 0.3 is 6.18 Å². The monoisotopic (exact) mass is 480 g/mol. The molecule has 1 heterocycles. The summed E-state index contributed by atoms with van der Waals surface area (Å²) in [6, 6.07) is 8.51. The van der Waals surface area contributed by atoms with Crippen LogP contribution in [0.2, 0.25) is 0 Å². The van der Waals surface area contributed by atoms with Gasteiger partial charge in [-0.05, 0) is 91.4 Å². The van der Waals surface area contributed by atoms with Crippen LogP contribution in [-0.4, -0.2) is 23.6 Å². The molecule has 34 heavy (non-hydrogen) atoms. The molecule has 1 saturated heterocycles. The summed E-state index contributed by atoms with van der Waals surface area (Å²) in [6.07, 6.45) is -2.91. The Morgan fingerprint density at radius 2 is 1.91 bits per heavy atom. The summed E-state index contributed by atoms with van der Waals surface area (Å²) in [5.74, 6) is -1.26. The van der Waals surface area contributed by atoms with Crippen molar-refractivity contribution in [2.75, 3.05) is 13.0 Å². The van der Waals surface area contributed by atoms with Gasteiger partial charge in [-0.3, -0.25) is 4.90 Å². The van der Waals surface area contributed by atoms with Crippen LogP contribution in [0.1, 0.15) is 103 Å². The van der Waals surface area contributed by atoms with E-state index in [1.54, 1.807) is 19.9 Å². The Hall–Kier alpha value is -2.34. The van der Waals surface area contributed by atoms with Gasteiger partial charge in [0.2, 0.25) is 0 Å². The van der Waals surface area contributed by atoms with E-state index < -0.39 is 43.5 Å². The molecule has 1 aliphatic carbocycles. The van der Waals surface area contributed by atoms with Gasteiger partial charge in [0.05, 0.1) is 11.3 Å². The zero-order chi connectivity index (χ0) is 31.3. The number of hydrogen-bond donors (Lipinski definition) is 0. The Labute approximate surface area is 212 Å². The second kappa shape index (κ2) is 10.9. The summed E-state index contributed by atoms with van der Waals surface area (Å²) in [7, 11) is 0. The normalized spacial score (nSPS) is 26.4. The summed E-state index contributed by atoms with van der Waals surface area (Å²) in [5.41, 5.74) is 0.869. The summed E-state index contributed by atoms with van der Waals surface area (Å²) < 4.78 is 108. The zero-order valence-electron chi connectivity index (χ0n) is 27.4. The molecule has 2 aromatic rings. The molecule has 1 aliphatic heterocycles. The molecule has 4 rings (SSSR count). The first-order valence-electron chi connectivity index (χ1n) is 15.7. The predicted octanol–water partition coefficient (Wildman–Crippen LogP) is 7.46. The van der Waals surface area contributed by atoms with Crippen molar-refractivity contribution in [3.05, 3.63) is 69.8 Å². The number of hydrogen-bond acceptors (Lipinski definition) is 3. The van der Waals surface area contributed by atoms with Gasteiger partial charge in [0, 0.05) is 17.5 Å². The second-order valence-corrected chi connectivity index (χ2v) is 8.57. The minimum Gasteiger partial charge on any atom is -0.391 e. The first-order chi connectivity index (χ1) is 19.4. The highest BCUT2D eigenvalue weighted by Gasteiger charge is 2.35. The largest absolute Gasteiger partial charge is 0.416 e. The van der Waals surface area contributed by atoms with Gasteiger partial charge in [0.25, 0.3) is 0 Å². The third-order valence-corrected chi connectivity index (χ3v) is 6.18. The molecule has 2 aromatic carbocycles. The summed E-state index contributed by atoms with van der Waals surface area (Å²) in [4.78, 5) is 5.83. The lowest BCUT2D eigenvalue weighted by atomic mass is 9.81. The fourth-order valence-corrected chi connectivity index (χ4v) is 4.26. The van der Waals surface area contributed by atoms with E-state index >= 15 is 0 Å². The van der Waals surface area contributed by atoms with E-state index in [9.17, 15) is 13.2 Å². The Morgan fingerprint density at radius 1 is 1.15 bits per heavy atom. The summed E-state index contributed by atoms with van der Waals surface area (Å²) in [5, 5.41) is 4.04. The summed E-state index contributed by atoms with van der Waals surface area (Å²) >= 11 is 0. The lowest BCUT2D eigenvalue weighted by Crippen LogP contribution is -2.36. The molecule has 0 unspecified atom stereocenters. The molecule has 0 atom stereocenters. The molecule has 1 saturated carbocycles. The van der Waals surface area contributed by atoms with E-state index in [1.165, 1.54) is 24.3 Å². The van der Waals surface area contributed by atoms with Gasteiger partial charge in [-0.25, -0.2) is 0 Å². The number of aryl methyl sites for hydroxylation is 1. The number of oxime groups is 1. The molecule has 2 aliphatic rings. The first-order valence-corrected chi connectivity index (χ1v) is 11.6. The Balaban J connectivity index is 1.53. The van der Waals surface area contributed by atoms with Crippen molar-refractivity contribution in [2.24, 2.45) is 5.16 Å². The Kier molecular flexibility index (Phi) is 5.26. The number of likely N-dealkylation sites (tertiary alicyclic amines) is 1. The molecule has 6 heteroatoms. The van der Waals surface area contributed by atoms with E-state index in [2.05, 4.69) is 5.16 Å². The van der Waals surface area contributed by atoms with Crippen LogP contribution in [0.4, 0.5) is 13.2 Å².